The zero-order valence-corrected chi connectivity index (χ0v) is 16.7. The summed E-state index contributed by atoms with van der Waals surface area (Å²) in [5.41, 5.74) is 1.15. The molecule has 5 nitrogen and oxygen atoms in total. The SMILES string of the molecule is CC[C@H](CNC(=O)[C@@H]1CCCN1S(=O)(=O)c1ccc(F)cc1)c1ccccc1. The predicted molar refractivity (Wildman–Crippen MR) is 106 cm³/mol. The Balaban J connectivity index is 1.70. The highest BCUT2D eigenvalue weighted by Crippen LogP contribution is 2.27. The first kappa shape index (κ1) is 20.5. The lowest BCUT2D eigenvalue weighted by molar-refractivity contribution is -0.124. The van der Waals surface area contributed by atoms with Crippen molar-refractivity contribution in [2.75, 3.05) is 13.1 Å². The smallest absolute Gasteiger partial charge is 0.243 e. The Labute approximate surface area is 165 Å². The van der Waals surface area contributed by atoms with Crippen LogP contribution < -0.4 is 5.32 Å². The quantitative estimate of drug-likeness (QED) is 0.770. The van der Waals surface area contributed by atoms with E-state index < -0.39 is 21.9 Å². The van der Waals surface area contributed by atoms with Crippen molar-refractivity contribution >= 4 is 15.9 Å². The Hall–Kier alpha value is -2.25. The van der Waals surface area contributed by atoms with Crippen molar-refractivity contribution in [2.24, 2.45) is 0 Å². The van der Waals surface area contributed by atoms with Gasteiger partial charge in [-0.2, -0.15) is 4.31 Å². The summed E-state index contributed by atoms with van der Waals surface area (Å²) in [6.45, 7) is 2.80. The average molecular weight is 405 g/mol. The summed E-state index contributed by atoms with van der Waals surface area (Å²) in [6, 6.07) is 13.9. The van der Waals surface area contributed by atoms with Crippen molar-refractivity contribution < 1.29 is 17.6 Å². The minimum atomic E-state index is -3.84. The largest absolute Gasteiger partial charge is 0.354 e. The van der Waals surface area contributed by atoms with Crippen LogP contribution in [0.25, 0.3) is 0 Å². The summed E-state index contributed by atoms with van der Waals surface area (Å²) in [5.74, 6) is -0.604. The Morgan fingerprint density at radius 3 is 2.50 bits per heavy atom. The number of sulfonamides is 1. The van der Waals surface area contributed by atoms with Crippen LogP contribution in [0.2, 0.25) is 0 Å². The number of rotatable bonds is 7. The molecule has 0 aliphatic carbocycles. The fourth-order valence-electron chi connectivity index (χ4n) is 3.60. The Morgan fingerprint density at radius 2 is 1.86 bits per heavy atom. The number of carbonyl (C=O) groups is 1. The molecule has 1 saturated heterocycles. The first-order chi connectivity index (χ1) is 13.4. The second kappa shape index (κ2) is 8.84. The second-order valence-electron chi connectivity index (χ2n) is 6.99. The van der Waals surface area contributed by atoms with Gasteiger partial charge in [0.1, 0.15) is 11.9 Å². The molecule has 0 spiro atoms. The van der Waals surface area contributed by atoms with E-state index in [0.717, 1.165) is 24.1 Å². The zero-order valence-electron chi connectivity index (χ0n) is 15.8. The van der Waals surface area contributed by atoms with Crippen LogP contribution in [-0.2, 0) is 14.8 Å². The molecule has 0 radical (unpaired) electrons. The Kier molecular flexibility index (Phi) is 6.46. The molecular weight excluding hydrogens is 379 g/mol. The second-order valence-corrected chi connectivity index (χ2v) is 8.88. The van der Waals surface area contributed by atoms with Crippen LogP contribution in [0.5, 0.6) is 0 Å². The lowest BCUT2D eigenvalue weighted by Crippen LogP contribution is -2.46. The fraction of sp³-hybridized carbons (Fsp3) is 0.381. The summed E-state index contributed by atoms with van der Waals surface area (Å²) in [6.07, 6.45) is 1.97. The molecule has 1 aliphatic rings. The van der Waals surface area contributed by atoms with Crippen LogP contribution in [0.15, 0.2) is 59.5 Å². The molecule has 2 aromatic carbocycles. The van der Waals surface area contributed by atoms with E-state index in [9.17, 15) is 17.6 Å². The molecule has 150 valence electrons. The third-order valence-electron chi connectivity index (χ3n) is 5.21. The topological polar surface area (TPSA) is 66.5 Å². The van der Waals surface area contributed by atoms with Gasteiger partial charge in [-0.15, -0.1) is 0 Å². The van der Waals surface area contributed by atoms with Crippen molar-refractivity contribution in [3.8, 4) is 0 Å². The molecule has 28 heavy (non-hydrogen) atoms. The van der Waals surface area contributed by atoms with Gasteiger partial charge in [0.25, 0.3) is 0 Å². The Bertz CT molecular complexity index is 901. The molecule has 0 bridgehead atoms. The van der Waals surface area contributed by atoms with Crippen molar-refractivity contribution in [1.82, 2.24) is 9.62 Å². The molecule has 2 aromatic rings. The lowest BCUT2D eigenvalue weighted by atomic mass is 9.96. The summed E-state index contributed by atoms with van der Waals surface area (Å²) in [7, 11) is -3.84. The van der Waals surface area contributed by atoms with E-state index in [1.807, 2.05) is 30.3 Å². The van der Waals surface area contributed by atoms with E-state index >= 15 is 0 Å². The predicted octanol–water partition coefficient (Wildman–Crippen LogP) is 3.29. The van der Waals surface area contributed by atoms with Crippen LogP contribution in [0, 0.1) is 5.82 Å². The third-order valence-corrected chi connectivity index (χ3v) is 7.14. The number of hydrogen-bond donors (Lipinski definition) is 1. The van der Waals surface area contributed by atoms with Crippen LogP contribution in [-0.4, -0.2) is 37.8 Å². The standard InChI is InChI=1S/C21H25FN2O3S/c1-2-16(17-7-4-3-5-8-17)15-23-21(25)20-9-6-14-24(20)28(26,27)19-12-10-18(22)11-13-19/h3-5,7-8,10-13,16,20H,2,6,9,14-15H2,1H3,(H,23,25)/t16-,20+/m1/s1. The Morgan fingerprint density at radius 1 is 1.18 bits per heavy atom. The summed E-state index contributed by atoms with van der Waals surface area (Å²) < 4.78 is 40.2. The fourth-order valence-corrected chi connectivity index (χ4v) is 5.25. The third kappa shape index (κ3) is 4.42. The van der Waals surface area contributed by atoms with Crippen molar-refractivity contribution in [3.63, 3.8) is 0 Å². The lowest BCUT2D eigenvalue weighted by Gasteiger charge is -2.24. The van der Waals surface area contributed by atoms with E-state index in [4.69, 9.17) is 0 Å². The van der Waals surface area contributed by atoms with E-state index in [0.29, 0.717) is 19.4 Å². The molecule has 0 saturated carbocycles. The highest BCUT2D eigenvalue weighted by atomic mass is 32.2. The number of hydrogen-bond acceptors (Lipinski definition) is 3. The molecule has 1 amide bonds. The van der Waals surface area contributed by atoms with E-state index in [-0.39, 0.29) is 23.3 Å². The van der Waals surface area contributed by atoms with Crippen molar-refractivity contribution in [1.29, 1.82) is 0 Å². The zero-order chi connectivity index (χ0) is 20.1. The molecule has 1 aliphatic heterocycles. The van der Waals surface area contributed by atoms with Crippen LogP contribution in [0.4, 0.5) is 4.39 Å². The van der Waals surface area contributed by atoms with E-state index in [2.05, 4.69) is 12.2 Å². The molecule has 1 fully saturated rings. The molecule has 0 unspecified atom stereocenters. The highest BCUT2D eigenvalue weighted by molar-refractivity contribution is 7.89. The van der Waals surface area contributed by atoms with Crippen LogP contribution >= 0.6 is 0 Å². The maximum atomic E-state index is 13.1. The van der Waals surface area contributed by atoms with Gasteiger partial charge in [0.05, 0.1) is 4.90 Å². The molecule has 0 aromatic heterocycles. The normalized spacial score (nSPS) is 18.7. The number of halogens is 1. The van der Waals surface area contributed by atoms with Gasteiger partial charge in [-0.25, -0.2) is 12.8 Å². The molecule has 7 heteroatoms. The summed E-state index contributed by atoms with van der Waals surface area (Å²) >= 11 is 0. The number of benzene rings is 2. The van der Waals surface area contributed by atoms with Gasteiger partial charge >= 0.3 is 0 Å². The van der Waals surface area contributed by atoms with E-state index in [1.165, 1.54) is 16.4 Å². The van der Waals surface area contributed by atoms with Gasteiger partial charge in [0.15, 0.2) is 0 Å². The van der Waals surface area contributed by atoms with Crippen molar-refractivity contribution in [2.45, 2.75) is 43.0 Å². The first-order valence-electron chi connectivity index (χ1n) is 9.53. The molecule has 2 atom stereocenters. The molecule has 3 rings (SSSR count). The maximum Gasteiger partial charge on any atom is 0.243 e. The number of carbonyl (C=O) groups excluding carboxylic acids is 1. The van der Waals surface area contributed by atoms with Crippen LogP contribution in [0.1, 0.15) is 37.7 Å². The van der Waals surface area contributed by atoms with Crippen LogP contribution in [0.3, 0.4) is 0 Å². The van der Waals surface area contributed by atoms with Crippen molar-refractivity contribution in [3.05, 3.63) is 66.0 Å². The molecule has 1 heterocycles. The number of nitrogens with one attached hydrogen (secondary N) is 1. The average Bonchev–Trinajstić information content (AvgIpc) is 3.20. The highest BCUT2D eigenvalue weighted by Gasteiger charge is 2.39. The minimum Gasteiger partial charge on any atom is -0.354 e. The van der Waals surface area contributed by atoms with Gasteiger partial charge in [0.2, 0.25) is 15.9 Å². The van der Waals surface area contributed by atoms with E-state index in [1.54, 1.807) is 0 Å². The first-order valence-corrected chi connectivity index (χ1v) is 11.0. The van der Waals surface area contributed by atoms with Gasteiger partial charge in [-0.05, 0) is 49.1 Å². The van der Waals surface area contributed by atoms with Gasteiger partial charge in [-0.3, -0.25) is 4.79 Å². The number of amides is 1. The van der Waals surface area contributed by atoms with Gasteiger partial charge in [0, 0.05) is 19.0 Å². The summed E-state index contributed by atoms with van der Waals surface area (Å²) in [4.78, 5) is 12.8. The summed E-state index contributed by atoms with van der Waals surface area (Å²) in [5, 5.41) is 2.93. The maximum absolute atomic E-state index is 13.1. The molecular formula is C21H25FN2O3S. The van der Waals surface area contributed by atoms with Gasteiger partial charge in [-0.1, -0.05) is 37.3 Å². The minimum absolute atomic E-state index is 0.00400. The number of nitrogens with zero attached hydrogens (tertiary/aromatic N) is 1. The monoisotopic (exact) mass is 404 g/mol. The van der Waals surface area contributed by atoms with Gasteiger partial charge < -0.3 is 5.32 Å². The molecule has 1 N–H and O–H groups in total.